The van der Waals surface area contributed by atoms with Gasteiger partial charge >= 0.3 is 0 Å². The van der Waals surface area contributed by atoms with Crippen LogP contribution in [0.3, 0.4) is 0 Å². The Balaban J connectivity index is 1.80. The van der Waals surface area contributed by atoms with E-state index in [1.807, 2.05) is 25.1 Å². The summed E-state index contributed by atoms with van der Waals surface area (Å²) in [6.07, 6.45) is -0.317. The second-order valence-electron chi connectivity index (χ2n) is 5.24. The summed E-state index contributed by atoms with van der Waals surface area (Å²) in [4.78, 5) is 12.0. The first kappa shape index (κ1) is 19.1. The maximum atomic E-state index is 12.0. The molecule has 134 valence electrons. The quantitative estimate of drug-likeness (QED) is 0.739. The molecule has 0 radical (unpaired) electrons. The van der Waals surface area contributed by atoms with E-state index >= 15 is 0 Å². The summed E-state index contributed by atoms with van der Waals surface area (Å²) in [6.45, 7) is 2.76. The molecule has 0 aromatic heterocycles. The van der Waals surface area contributed by atoms with Gasteiger partial charge in [-0.1, -0.05) is 29.8 Å². The van der Waals surface area contributed by atoms with Crippen molar-refractivity contribution in [3.8, 4) is 11.5 Å². The molecule has 0 heterocycles. The maximum absolute atomic E-state index is 12.0. The molecule has 5 nitrogen and oxygen atoms in total. The van der Waals surface area contributed by atoms with Crippen molar-refractivity contribution in [1.82, 2.24) is 5.32 Å². The first-order chi connectivity index (χ1) is 12.1. The third-order valence-electron chi connectivity index (χ3n) is 3.53. The number of methoxy groups -OCH3 is 1. The van der Waals surface area contributed by atoms with E-state index in [0.717, 1.165) is 11.3 Å². The van der Waals surface area contributed by atoms with E-state index in [4.69, 9.17) is 25.8 Å². The van der Waals surface area contributed by atoms with Crippen LogP contribution >= 0.6 is 11.6 Å². The largest absolute Gasteiger partial charge is 0.494 e. The number of nitrogens with one attached hydrogen (secondary N) is 1. The number of amides is 1. The summed E-state index contributed by atoms with van der Waals surface area (Å²) < 4.78 is 16.2. The molecule has 1 atom stereocenters. The lowest BCUT2D eigenvalue weighted by Gasteiger charge is -2.18. The summed E-state index contributed by atoms with van der Waals surface area (Å²) in [5, 5.41) is 3.39. The maximum Gasteiger partial charge on any atom is 0.258 e. The summed E-state index contributed by atoms with van der Waals surface area (Å²) in [5.41, 5.74) is 0.833. The van der Waals surface area contributed by atoms with E-state index in [9.17, 15) is 4.79 Å². The number of carbonyl (C=O) groups excluding carboxylic acids is 1. The Hall–Kier alpha value is -2.24. The van der Waals surface area contributed by atoms with Crippen molar-refractivity contribution in [2.24, 2.45) is 0 Å². The highest BCUT2D eigenvalue weighted by Gasteiger charge is 2.15. The fourth-order valence-corrected chi connectivity index (χ4v) is 2.52. The zero-order valence-corrected chi connectivity index (χ0v) is 15.1. The van der Waals surface area contributed by atoms with Crippen molar-refractivity contribution in [2.45, 2.75) is 13.0 Å². The molecule has 0 saturated heterocycles. The summed E-state index contributed by atoms with van der Waals surface area (Å²) >= 11 is 6.16. The molecule has 0 aliphatic carbocycles. The molecule has 0 aliphatic rings. The third-order valence-corrected chi connectivity index (χ3v) is 3.87. The number of hydrogen-bond donors (Lipinski definition) is 1. The Morgan fingerprint density at radius 3 is 2.32 bits per heavy atom. The normalized spacial score (nSPS) is 11.6. The average molecular weight is 364 g/mol. The number of hydrogen-bond acceptors (Lipinski definition) is 4. The summed E-state index contributed by atoms with van der Waals surface area (Å²) in [7, 11) is 1.58. The van der Waals surface area contributed by atoms with Crippen molar-refractivity contribution in [2.75, 3.05) is 26.9 Å². The van der Waals surface area contributed by atoms with Crippen molar-refractivity contribution >= 4 is 17.5 Å². The minimum atomic E-state index is -0.317. The first-order valence-electron chi connectivity index (χ1n) is 8.03. The van der Waals surface area contributed by atoms with Gasteiger partial charge in [-0.25, -0.2) is 0 Å². The molecule has 0 saturated carbocycles. The van der Waals surface area contributed by atoms with E-state index in [1.165, 1.54) is 0 Å². The van der Waals surface area contributed by atoms with E-state index < -0.39 is 0 Å². The van der Waals surface area contributed by atoms with Crippen LogP contribution in [0.4, 0.5) is 0 Å². The Labute approximate surface area is 152 Å². The highest BCUT2D eigenvalue weighted by molar-refractivity contribution is 6.31. The van der Waals surface area contributed by atoms with Crippen LogP contribution < -0.4 is 14.8 Å². The van der Waals surface area contributed by atoms with Crippen molar-refractivity contribution in [1.29, 1.82) is 0 Å². The minimum absolute atomic E-state index is 0.0765. The van der Waals surface area contributed by atoms with Gasteiger partial charge in [0, 0.05) is 24.2 Å². The van der Waals surface area contributed by atoms with Gasteiger partial charge in [0.15, 0.2) is 6.61 Å². The molecule has 1 unspecified atom stereocenters. The van der Waals surface area contributed by atoms with Crippen LogP contribution in [0.25, 0.3) is 0 Å². The highest BCUT2D eigenvalue weighted by Crippen LogP contribution is 2.24. The lowest BCUT2D eigenvalue weighted by Crippen LogP contribution is -2.33. The third kappa shape index (κ3) is 5.96. The Bertz CT molecular complexity index is 675. The molecule has 1 amide bonds. The van der Waals surface area contributed by atoms with E-state index in [2.05, 4.69) is 5.32 Å². The molecule has 0 aliphatic heterocycles. The summed E-state index contributed by atoms with van der Waals surface area (Å²) in [5.74, 6) is 1.14. The molecule has 6 heteroatoms. The zero-order valence-electron chi connectivity index (χ0n) is 14.3. The topological polar surface area (TPSA) is 56.8 Å². The standard InChI is InChI=1S/C19H22ClNO4/c1-3-24-14-8-10-15(11-9-14)25-13-19(22)21-12-18(23-2)16-6-4-5-7-17(16)20/h4-11,18H,3,12-13H2,1-2H3,(H,21,22). The van der Waals surface area contributed by atoms with E-state index in [1.54, 1.807) is 37.4 Å². The molecular weight excluding hydrogens is 342 g/mol. The predicted molar refractivity (Wildman–Crippen MR) is 97.3 cm³/mol. The van der Waals surface area contributed by atoms with Crippen molar-refractivity contribution < 1.29 is 19.0 Å². The van der Waals surface area contributed by atoms with Gasteiger partial charge in [-0.05, 0) is 37.3 Å². The second kappa shape index (κ2) is 9.91. The van der Waals surface area contributed by atoms with Gasteiger partial charge in [-0.3, -0.25) is 4.79 Å². The SMILES string of the molecule is CCOc1ccc(OCC(=O)NCC(OC)c2ccccc2Cl)cc1. The molecule has 1 N–H and O–H groups in total. The molecule has 2 rings (SSSR count). The molecule has 0 bridgehead atoms. The van der Waals surface area contributed by atoms with Crippen molar-refractivity contribution in [3.63, 3.8) is 0 Å². The van der Waals surface area contributed by atoms with Crippen LogP contribution in [0.15, 0.2) is 48.5 Å². The van der Waals surface area contributed by atoms with Gasteiger partial charge in [0.2, 0.25) is 0 Å². The number of rotatable bonds is 9. The van der Waals surface area contributed by atoms with Crippen LogP contribution in [0, 0.1) is 0 Å². The molecule has 0 spiro atoms. The van der Waals surface area contributed by atoms with Gasteiger partial charge in [-0.2, -0.15) is 0 Å². The Kier molecular flexibility index (Phi) is 7.57. The average Bonchev–Trinajstić information content (AvgIpc) is 2.63. The van der Waals surface area contributed by atoms with Gasteiger partial charge in [0.05, 0.1) is 6.61 Å². The molecular formula is C19H22ClNO4. The molecule has 2 aromatic rings. The number of carbonyl (C=O) groups is 1. The monoisotopic (exact) mass is 363 g/mol. The van der Waals surface area contributed by atoms with Gasteiger partial charge in [0.25, 0.3) is 5.91 Å². The van der Waals surface area contributed by atoms with Gasteiger partial charge in [-0.15, -0.1) is 0 Å². The van der Waals surface area contributed by atoms with E-state index in [0.29, 0.717) is 23.9 Å². The Morgan fingerprint density at radius 2 is 1.72 bits per heavy atom. The number of ether oxygens (including phenoxy) is 3. The van der Waals surface area contributed by atoms with Crippen LogP contribution in [-0.4, -0.2) is 32.8 Å². The van der Waals surface area contributed by atoms with Crippen LogP contribution in [0.1, 0.15) is 18.6 Å². The van der Waals surface area contributed by atoms with Gasteiger partial charge in [0.1, 0.15) is 17.6 Å². The fourth-order valence-electron chi connectivity index (χ4n) is 2.26. The van der Waals surface area contributed by atoms with Gasteiger partial charge < -0.3 is 19.5 Å². The number of benzene rings is 2. The van der Waals surface area contributed by atoms with Crippen LogP contribution in [0.2, 0.25) is 5.02 Å². The molecule has 0 fully saturated rings. The number of halogens is 1. The zero-order chi connectivity index (χ0) is 18.1. The summed E-state index contributed by atoms with van der Waals surface area (Å²) in [6, 6.07) is 14.5. The predicted octanol–water partition coefficient (Wildman–Crippen LogP) is 3.62. The van der Waals surface area contributed by atoms with Crippen molar-refractivity contribution in [3.05, 3.63) is 59.1 Å². The lowest BCUT2D eigenvalue weighted by molar-refractivity contribution is -0.123. The van der Waals surface area contributed by atoms with Crippen LogP contribution in [-0.2, 0) is 9.53 Å². The first-order valence-corrected chi connectivity index (χ1v) is 8.41. The molecule has 25 heavy (non-hydrogen) atoms. The van der Waals surface area contributed by atoms with Crippen LogP contribution in [0.5, 0.6) is 11.5 Å². The smallest absolute Gasteiger partial charge is 0.258 e. The van der Waals surface area contributed by atoms with E-state index in [-0.39, 0.29) is 18.6 Å². The lowest BCUT2D eigenvalue weighted by atomic mass is 10.1. The molecule has 2 aromatic carbocycles. The Morgan fingerprint density at radius 1 is 1.08 bits per heavy atom. The second-order valence-corrected chi connectivity index (χ2v) is 5.65. The highest BCUT2D eigenvalue weighted by atomic mass is 35.5. The minimum Gasteiger partial charge on any atom is -0.494 e. The fraction of sp³-hybridized carbons (Fsp3) is 0.316.